The van der Waals surface area contributed by atoms with Crippen LogP contribution in [0, 0.1) is 12.7 Å². The molecule has 0 amide bonds. The van der Waals surface area contributed by atoms with Crippen molar-refractivity contribution >= 4 is 5.78 Å². The first-order chi connectivity index (χ1) is 7.51. The van der Waals surface area contributed by atoms with Gasteiger partial charge in [0.1, 0.15) is 17.3 Å². The number of hydrogen-bond acceptors (Lipinski definition) is 2. The van der Waals surface area contributed by atoms with Crippen molar-refractivity contribution in [2.45, 2.75) is 33.6 Å². The van der Waals surface area contributed by atoms with Crippen LogP contribution in [0.3, 0.4) is 0 Å². The van der Waals surface area contributed by atoms with E-state index in [9.17, 15) is 9.18 Å². The molecule has 0 bridgehead atoms. The molecule has 3 heteroatoms. The SMILES string of the molecule is CCc1c(CC(C)=O)cc(F)c(C)c1OC. The van der Waals surface area contributed by atoms with E-state index in [0.29, 0.717) is 11.3 Å². The van der Waals surface area contributed by atoms with Crippen LogP contribution >= 0.6 is 0 Å². The van der Waals surface area contributed by atoms with Crippen LogP contribution in [0.25, 0.3) is 0 Å². The quantitative estimate of drug-likeness (QED) is 0.786. The Morgan fingerprint density at radius 2 is 2.12 bits per heavy atom. The highest BCUT2D eigenvalue weighted by molar-refractivity contribution is 5.79. The molecule has 1 aromatic rings. The fraction of sp³-hybridized carbons (Fsp3) is 0.462. The summed E-state index contributed by atoms with van der Waals surface area (Å²) in [5.74, 6) is 0.282. The summed E-state index contributed by atoms with van der Waals surface area (Å²) in [7, 11) is 1.53. The van der Waals surface area contributed by atoms with Gasteiger partial charge in [0.25, 0.3) is 0 Å². The standard InChI is InChI=1S/C13H17FO2/c1-5-11-10(6-8(2)15)7-12(14)9(3)13(11)16-4/h7H,5-6H2,1-4H3. The number of ketones is 1. The van der Waals surface area contributed by atoms with E-state index in [1.165, 1.54) is 20.1 Å². The molecule has 0 aliphatic carbocycles. The lowest BCUT2D eigenvalue weighted by Crippen LogP contribution is -2.05. The number of carbonyl (C=O) groups excluding carboxylic acids is 1. The van der Waals surface area contributed by atoms with Crippen molar-refractivity contribution < 1.29 is 13.9 Å². The summed E-state index contributed by atoms with van der Waals surface area (Å²) in [5.41, 5.74) is 2.17. The molecule has 0 unspecified atom stereocenters. The maximum atomic E-state index is 13.6. The van der Waals surface area contributed by atoms with Crippen LogP contribution in [0.5, 0.6) is 5.75 Å². The number of Topliss-reactive ketones (excluding diaryl/α,β-unsaturated/α-hetero) is 1. The molecule has 0 saturated carbocycles. The first-order valence-corrected chi connectivity index (χ1v) is 5.35. The van der Waals surface area contributed by atoms with E-state index in [0.717, 1.165) is 17.5 Å². The largest absolute Gasteiger partial charge is 0.496 e. The molecule has 88 valence electrons. The minimum atomic E-state index is -0.315. The van der Waals surface area contributed by atoms with Gasteiger partial charge in [-0.05, 0) is 37.5 Å². The molecule has 2 nitrogen and oxygen atoms in total. The molecule has 1 rings (SSSR count). The Balaban J connectivity index is 3.37. The van der Waals surface area contributed by atoms with Crippen LogP contribution in [-0.2, 0) is 17.6 Å². The maximum absolute atomic E-state index is 13.6. The molecule has 1 aromatic carbocycles. The van der Waals surface area contributed by atoms with Gasteiger partial charge in [-0.15, -0.1) is 0 Å². The highest BCUT2D eigenvalue weighted by atomic mass is 19.1. The maximum Gasteiger partial charge on any atom is 0.134 e. The van der Waals surface area contributed by atoms with Gasteiger partial charge in [0.2, 0.25) is 0 Å². The van der Waals surface area contributed by atoms with Gasteiger partial charge in [-0.25, -0.2) is 4.39 Å². The van der Waals surface area contributed by atoms with Gasteiger partial charge in [0.15, 0.2) is 0 Å². The van der Waals surface area contributed by atoms with Crippen molar-refractivity contribution in [1.82, 2.24) is 0 Å². The summed E-state index contributed by atoms with van der Waals surface area (Å²) in [6, 6.07) is 1.44. The molecule has 0 N–H and O–H groups in total. The molecule has 0 aliphatic heterocycles. The Labute approximate surface area is 95.4 Å². The van der Waals surface area contributed by atoms with Gasteiger partial charge in [-0.1, -0.05) is 6.92 Å². The van der Waals surface area contributed by atoms with Crippen LogP contribution in [-0.4, -0.2) is 12.9 Å². The summed E-state index contributed by atoms with van der Waals surface area (Å²) in [5, 5.41) is 0. The number of methoxy groups -OCH3 is 1. The highest BCUT2D eigenvalue weighted by Gasteiger charge is 2.15. The van der Waals surface area contributed by atoms with Gasteiger partial charge in [0, 0.05) is 12.0 Å². The highest BCUT2D eigenvalue weighted by Crippen LogP contribution is 2.30. The van der Waals surface area contributed by atoms with Gasteiger partial charge >= 0.3 is 0 Å². The van der Waals surface area contributed by atoms with Crippen LogP contribution in [0.4, 0.5) is 4.39 Å². The Hall–Kier alpha value is -1.38. The molecule has 0 fully saturated rings. The molecule has 0 saturated heterocycles. The fourth-order valence-corrected chi connectivity index (χ4v) is 1.92. The van der Waals surface area contributed by atoms with Crippen LogP contribution in [0.1, 0.15) is 30.5 Å². The van der Waals surface area contributed by atoms with Crippen molar-refractivity contribution in [1.29, 1.82) is 0 Å². The summed E-state index contributed by atoms with van der Waals surface area (Å²) >= 11 is 0. The Morgan fingerprint density at radius 3 is 2.56 bits per heavy atom. The number of rotatable bonds is 4. The zero-order valence-corrected chi connectivity index (χ0v) is 10.2. The summed E-state index contributed by atoms with van der Waals surface area (Å²) in [6.07, 6.45) is 0.990. The summed E-state index contributed by atoms with van der Waals surface area (Å²) < 4.78 is 18.8. The van der Waals surface area contributed by atoms with E-state index in [-0.39, 0.29) is 18.0 Å². The van der Waals surface area contributed by atoms with Crippen LogP contribution in [0.15, 0.2) is 6.07 Å². The third kappa shape index (κ3) is 2.40. The lowest BCUT2D eigenvalue weighted by molar-refractivity contribution is -0.116. The van der Waals surface area contributed by atoms with Gasteiger partial charge < -0.3 is 4.74 Å². The smallest absolute Gasteiger partial charge is 0.134 e. The molecule has 0 atom stereocenters. The summed E-state index contributed by atoms with van der Waals surface area (Å²) in [6.45, 7) is 5.16. The first-order valence-electron chi connectivity index (χ1n) is 5.35. The molecule has 0 spiro atoms. The number of halogens is 1. The summed E-state index contributed by atoms with van der Waals surface area (Å²) in [4.78, 5) is 11.1. The molecular formula is C13H17FO2. The minimum Gasteiger partial charge on any atom is -0.496 e. The number of carbonyl (C=O) groups is 1. The van der Waals surface area contributed by atoms with E-state index in [1.54, 1.807) is 6.92 Å². The molecule has 0 radical (unpaired) electrons. The van der Waals surface area contributed by atoms with E-state index < -0.39 is 0 Å². The van der Waals surface area contributed by atoms with Gasteiger partial charge in [0.05, 0.1) is 7.11 Å². The van der Waals surface area contributed by atoms with Gasteiger partial charge in [-0.3, -0.25) is 4.79 Å². The normalized spacial score (nSPS) is 10.3. The average molecular weight is 224 g/mol. The van der Waals surface area contributed by atoms with E-state index in [4.69, 9.17) is 4.74 Å². The van der Waals surface area contributed by atoms with Crippen molar-refractivity contribution in [2.24, 2.45) is 0 Å². The van der Waals surface area contributed by atoms with Gasteiger partial charge in [-0.2, -0.15) is 0 Å². The van der Waals surface area contributed by atoms with Crippen molar-refractivity contribution in [3.63, 3.8) is 0 Å². The zero-order chi connectivity index (χ0) is 12.3. The van der Waals surface area contributed by atoms with Crippen LogP contribution < -0.4 is 4.74 Å². The third-order valence-electron chi connectivity index (χ3n) is 2.66. The fourth-order valence-electron chi connectivity index (χ4n) is 1.92. The Kier molecular flexibility index (Phi) is 4.05. The van der Waals surface area contributed by atoms with E-state index in [2.05, 4.69) is 0 Å². The number of benzene rings is 1. The lowest BCUT2D eigenvalue weighted by Gasteiger charge is -2.15. The molecular weight excluding hydrogens is 207 g/mol. The number of ether oxygens (including phenoxy) is 1. The average Bonchev–Trinajstić information content (AvgIpc) is 2.21. The predicted molar refractivity (Wildman–Crippen MR) is 61.5 cm³/mol. The molecule has 0 aromatic heterocycles. The van der Waals surface area contributed by atoms with Crippen molar-refractivity contribution in [2.75, 3.05) is 7.11 Å². The molecule has 16 heavy (non-hydrogen) atoms. The first kappa shape index (κ1) is 12.7. The van der Waals surface area contributed by atoms with Crippen molar-refractivity contribution in [3.05, 3.63) is 28.6 Å². The second-order valence-corrected chi connectivity index (χ2v) is 3.89. The zero-order valence-electron chi connectivity index (χ0n) is 10.2. The van der Waals surface area contributed by atoms with E-state index >= 15 is 0 Å². The monoisotopic (exact) mass is 224 g/mol. The second-order valence-electron chi connectivity index (χ2n) is 3.89. The van der Waals surface area contributed by atoms with E-state index in [1.807, 2.05) is 6.92 Å². The van der Waals surface area contributed by atoms with Crippen molar-refractivity contribution in [3.8, 4) is 5.75 Å². The third-order valence-corrected chi connectivity index (χ3v) is 2.66. The molecule has 0 heterocycles. The topological polar surface area (TPSA) is 26.3 Å². The molecule has 0 aliphatic rings. The Bertz CT molecular complexity index is 411. The minimum absolute atomic E-state index is 0.0278. The predicted octanol–water partition coefficient (Wildman–Crippen LogP) is 2.84. The Morgan fingerprint density at radius 1 is 1.50 bits per heavy atom. The number of hydrogen-bond donors (Lipinski definition) is 0. The van der Waals surface area contributed by atoms with Crippen LogP contribution in [0.2, 0.25) is 0 Å². The lowest BCUT2D eigenvalue weighted by atomic mass is 9.96. The second kappa shape index (κ2) is 5.10.